The Hall–Kier alpha value is -1.84. The van der Waals surface area contributed by atoms with E-state index < -0.39 is 9.84 Å². The summed E-state index contributed by atoms with van der Waals surface area (Å²) < 4.78 is 29.5. The largest absolute Gasteiger partial charge is 0.507 e. The Kier molecular flexibility index (Phi) is 6.67. The molecule has 0 aromatic heterocycles. The standard InChI is InChI=1S/C20H29NO4S/c1-19(2,3)16-11-14(12-17(18(16)22)20(4,5)6)10-15(13-21)26(23,24)9-8-25-7/h10-12,22H,8-9H2,1-7H3. The molecule has 5 nitrogen and oxygen atoms in total. The number of rotatable bonds is 5. The molecule has 0 aliphatic rings. The predicted molar refractivity (Wildman–Crippen MR) is 105 cm³/mol. The van der Waals surface area contributed by atoms with Crippen molar-refractivity contribution in [1.29, 1.82) is 5.26 Å². The Morgan fingerprint density at radius 1 is 1.15 bits per heavy atom. The van der Waals surface area contributed by atoms with Gasteiger partial charge in [0.1, 0.15) is 16.7 Å². The quantitative estimate of drug-likeness (QED) is 0.784. The molecule has 144 valence electrons. The molecule has 1 rings (SSSR count). The summed E-state index contributed by atoms with van der Waals surface area (Å²) in [6, 6.07) is 5.27. The van der Waals surface area contributed by atoms with E-state index in [0.717, 1.165) is 0 Å². The Balaban J connectivity index is 3.65. The van der Waals surface area contributed by atoms with E-state index in [0.29, 0.717) is 16.7 Å². The van der Waals surface area contributed by atoms with E-state index in [1.54, 1.807) is 18.2 Å². The zero-order chi connectivity index (χ0) is 20.3. The Labute approximate surface area is 157 Å². The second kappa shape index (κ2) is 7.81. The molecule has 0 amide bonds. The number of benzene rings is 1. The van der Waals surface area contributed by atoms with Crippen LogP contribution in [0.25, 0.3) is 6.08 Å². The van der Waals surface area contributed by atoms with Gasteiger partial charge in [0.25, 0.3) is 0 Å². The van der Waals surface area contributed by atoms with Crippen LogP contribution in [0.15, 0.2) is 17.0 Å². The van der Waals surface area contributed by atoms with E-state index in [1.165, 1.54) is 13.2 Å². The van der Waals surface area contributed by atoms with Crippen molar-refractivity contribution in [3.63, 3.8) is 0 Å². The third-order valence-corrected chi connectivity index (χ3v) is 5.63. The number of hydrogen-bond donors (Lipinski definition) is 1. The van der Waals surface area contributed by atoms with Crippen molar-refractivity contribution in [2.24, 2.45) is 0 Å². The van der Waals surface area contributed by atoms with Crippen molar-refractivity contribution in [1.82, 2.24) is 0 Å². The number of allylic oxidation sites excluding steroid dienone is 1. The summed E-state index contributed by atoms with van der Waals surface area (Å²) in [5.41, 5.74) is 1.33. The fourth-order valence-corrected chi connectivity index (χ4v) is 3.59. The molecule has 26 heavy (non-hydrogen) atoms. The summed E-state index contributed by atoms with van der Waals surface area (Å²) in [7, 11) is -2.31. The van der Waals surface area contributed by atoms with Crippen molar-refractivity contribution in [3.8, 4) is 11.8 Å². The average Bonchev–Trinajstić information content (AvgIpc) is 2.49. The van der Waals surface area contributed by atoms with Crippen LogP contribution in [0.4, 0.5) is 0 Å². The smallest absolute Gasteiger partial charge is 0.190 e. The first-order valence-electron chi connectivity index (χ1n) is 8.45. The number of aromatic hydroxyl groups is 1. The minimum Gasteiger partial charge on any atom is -0.507 e. The fourth-order valence-electron chi connectivity index (χ4n) is 2.53. The van der Waals surface area contributed by atoms with E-state index in [1.807, 2.05) is 41.5 Å². The molecule has 1 aromatic carbocycles. The van der Waals surface area contributed by atoms with Crippen LogP contribution in [0.3, 0.4) is 0 Å². The molecule has 0 heterocycles. The van der Waals surface area contributed by atoms with Crippen molar-refractivity contribution in [2.45, 2.75) is 52.4 Å². The van der Waals surface area contributed by atoms with Gasteiger partial charge in [0.15, 0.2) is 9.84 Å². The molecular formula is C20H29NO4S. The summed E-state index contributed by atoms with van der Waals surface area (Å²) >= 11 is 0. The zero-order valence-corrected chi connectivity index (χ0v) is 17.5. The Morgan fingerprint density at radius 2 is 1.62 bits per heavy atom. The SMILES string of the molecule is COCCS(=O)(=O)C(C#N)=Cc1cc(C(C)(C)C)c(O)c(C(C)(C)C)c1. The number of hydrogen-bond acceptors (Lipinski definition) is 5. The number of phenolic OH excluding ortho intramolecular Hbond substituents is 1. The van der Waals surface area contributed by atoms with Gasteiger partial charge < -0.3 is 9.84 Å². The van der Waals surface area contributed by atoms with Gasteiger partial charge in [-0.1, -0.05) is 41.5 Å². The highest BCUT2D eigenvalue weighted by Crippen LogP contribution is 2.40. The second-order valence-electron chi connectivity index (χ2n) is 8.40. The summed E-state index contributed by atoms with van der Waals surface area (Å²) in [4.78, 5) is -0.306. The molecule has 0 aliphatic heterocycles. The first-order chi connectivity index (χ1) is 11.7. The van der Waals surface area contributed by atoms with Crippen molar-refractivity contribution < 1.29 is 18.3 Å². The van der Waals surface area contributed by atoms with Crippen molar-refractivity contribution in [2.75, 3.05) is 19.5 Å². The van der Waals surface area contributed by atoms with E-state index in [4.69, 9.17) is 4.74 Å². The van der Waals surface area contributed by atoms with E-state index in [9.17, 15) is 18.8 Å². The second-order valence-corrected chi connectivity index (χ2v) is 10.5. The predicted octanol–water partition coefficient (Wildman–Crippen LogP) is 3.91. The number of methoxy groups -OCH3 is 1. The zero-order valence-electron chi connectivity index (χ0n) is 16.7. The van der Waals surface area contributed by atoms with Gasteiger partial charge in [-0.15, -0.1) is 0 Å². The van der Waals surface area contributed by atoms with Gasteiger partial charge in [-0.2, -0.15) is 5.26 Å². The fraction of sp³-hybridized carbons (Fsp3) is 0.550. The van der Waals surface area contributed by atoms with Crippen LogP contribution in [0, 0.1) is 11.3 Å². The normalized spacial score (nSPS) is 13.5. The van der Waals surface area contributed by atoms with Crippen molar-refractivity contribution in [3.05, 3.63) is 33.7 Å². The van der Waals surface area contributed by atoms with E-state index >= 15 is 0 Å². The number of nitriles is 1. The van der Waals surface area contributed by atoms with E-state index in [-0.39, 0.29) is 33.8 Å². The van der Waals surface area contributed by atoms with Gasteiger partial charge in [-0.05, 0) is 34.6 Å². The molecule has 1 N–H and O–H groups in total. The lowest BCUT2D eigenvalue weighted by Gasteiger charge is -2.28. The number of ether oxygens (including phenoxy) is 1. The molecule has 0 fully saturated rings. The number of sulfone groups is 1. The van der Waals surface area contributed by atoms with Gasteiger partial charge in [0.05, 0.1) is 12.4 Å². The van der Waals surface area contributed by atoms with Crippen LogP contribution in [0.1, 0.15) is 58.2 Å². The molecular weight excluding hydrogens is 350 g/mol. The molecule has 0 bridgehead atoms. The molecule has 0 atom stereocenters. The van der Waals surface area contributed by atoms with Gasteiger partial charge in [-0.3, -0.25) is 0 Å². The molecule has 6 heteroatoms. The topological polar surface area (TPSA) is 87.4 Å². The summed E-state index contributed by atoms with van der Waals surface area (Å²) in [6.45, 7) is 11.9. The highest BCUT2D eigenvalue weighted by molar-refractivity contribution is 7.95. The number of phenols is 1. The lowest BCUT2D eigenvalue weighted by atomic mass is 9.78. The van der Waals surface area contributed by atoms with Gasteiger partial charge in [0.2, 0.25) is 0 Å². The summed E-state index contributed by atoms with van der Waals surface area (Å²) in [5, 5.41) is 20.1. The third-order valence-electron chi connectivity index (χ3n) is 4.05. The third kappa shape index (κ3) is 5.33. The van der Waals surface area contributed by atoms with E-state index in [2.05, 4.69) is 0 Å². The lowest BCUT2D eigenvalue weighted by molar-refractivity contribution is 0.217. The number of nitrogens with zero attached hydrogens (tertiary/aromatic N) is 1. The maximum absolute atomic E-state index is 12.3. The maximum atomic E-state index is 12.3. The molecule has 0 spiro atoms. The monoisotopic (exact) mass is 379 g/mol. The van der Waals surface area contributed by atoms with Gasteiger partial charge >= 0.3 is 0 Å². The minimum atomic E-state index is -3.73. The van der Waals surface area contributed by atoms with Crippen molar-refractivity contribution >= 4 is 15.9 Å². The maximum Gasteiger partial charge on any atom is 0.190 e. The highest BCUT2D eigenvalue weighted by atomic mass is 32.2. The first kappa shape index (κ1) is 22.2. The van der Waals surface area contributed by atoms with Crippen LogP contribution >= 0.6 is 0 Å². The average molecular weight is 380 g/mol. The molecule has 0 aliphatic carbocycles. The molecule has 0 unspecified atom stereocenters. The van der Waals surface area contributed by atoms with Crippen LogP contribution in [0.2, 0.25) is 0 Å². The molecule has 0 saturated heterocycles. The van der Waals surface area contributed by atoms with Crippen LogP contribution in [-0.2, 0) is 25.4 Å². The Bertz CT molecular complexity index is 797. The minimum absolute atomic E-state index is 0.0252. The molecule has 1 aromatic rings. The lowest BCUT2D eigenvalue weighted by Crippen LogP contribution is -2.17. The summed E-state index contributed by atoms with van der Waals surface area (Å²) in [6.07, 6.45) is 1.37. The van der Waals surface area contributed by atoms with Crippen LogP contribution in [-0.4, -0.2) is 33.0 Å². The highest BCUT2D eigenvalue weighted by Gasteiger charge is 2.27. The molecule has 0 radical (unpaired) electrons. The van der Waals surface area contributed by atoms with Crippen LogP contribution < -0.4 is 0 Å². The molecule has 0 saturated carbocycles. The first-order valence-corrected chi connectivity index (χ1v) is 10.1. The Morgan fingerprint density at radius 3 is 1.96 bits per heavy atom. The van der Waals surface area contributed by atoms with Gasteiger partial charge in [-0.25, -0.2) is 8.42 Å². The van der Waals surface area contributed by atoms with Crippen LogP contribution in [0.5, 0.6) is 5.75 Å². The summed E-state index contributed by atoms with van der Waals surface area (Å²) in [5.74, 6) is -0.0397. The van der Waals surface area contributed by atoms with Gasteiger partial charge in [0, 0.05) is 18.2 Å².